The molecular formula is C9H7BrClNO3. The Kier molecular flexibility index (Phi) is 3.82. The molecule has 0 aliphatic heterocycles. The van der Waals surface area contributed by atoms with Crippen LogP contribution in [0.2, 0.25) is 5.02 Å². The molecular weight excluding hydrogens is 285 g/mol. The largest absolute Gasteiger partial charge is 0.298 e. The van der Waals surface area contributed by atoms with Gasteiger partial charge in [-0.1, -0.05) is 33.6 Å². The molecule has 1 rings (SSSR count). The smallest absolute Gasteiger partial charge is 0.275 e. The maximum atomic E-state index is 11.1. The van der Waals surface area contributed by atoms with Gasteiger partial charge in [-0.3, -0.25) is 14.9 Å². The summed E-state index contributed by atoms with van der Waals surface area (Å²) < 4.78 is 0. The Morgan fingerprint density at radius 1 is 1.60 bits per heavy atom. The van der Waals surface area contributed by atoms with Crippen molar-refractivity contribution >= 4 is 39.0 Å². The molecule has 15 heavy (non-hydrogen) atoms. The number of carbonyl (C=O) groups excluding carboxylic acids is 1. The lowest BCUT2D eigenvalue weighted by Crippen LogP contribution is -2.05. The highest BCUT2D eigenvalue weighted by Gasteiger charge is 2.25. The summed E-state index contributed by atoms with van der Waals surface area (Å²) in [5, 5.41) is 10.9. The minimum Gasteiger partial charge on any atom is -0.298 e. The van der Waals surface area contributed by atoms with Gasteiger partial charge in [-0.05, 0) is 13.0 Å². The van der Waals surface area contributed by atoms with Crippen molar-refractivity contribution in [3.05, 3.63) is 38.9 Å². The molecule has 1 aromatic rings. The van der Waals surface area contributed by atoms with Crippen molar-refractivity contribution in [3.63, 3.8) is 0 Å². The number of alkyl halides is 1. The third kappa shape index (κ3) is 2.54. The molecule has 0 N–H and O–H groups in total. The lowest BCUT2D eigenvalue weighted by atomic mass is 10.1. The van der Waals surface area contributed by atoms with Crippen molar-refractivity contribution in [3.8, 4) is 0 Å². The monoisotopic (exact) mass is 291 g/mol. The number of halogens is 2. The van der Waals surface area contributed by atoms with E-state index in [0.29, 0.717) is 0 Å². The van der Waals surface area contributed by atoms with E-state index < -0.39 is 9.75 Å². The van der Waals surface area contributed by atoms with Gasteiger partial charge in [0.25, 0.3) is 5.69 Å². The third-order valence-electron chi connectivity index (χ3n) is 1.84. The number of nitro groups is 1. The number of carbonyl (C=O) groups is 1. The summed E-state index contributed by atoms with van der Waals surface area (Å²) in [6.07, 6.45) is 0. The molecule has 80 valence electrons. The normalized spacial score (nSPS) is 12.2. The van der Waals surface area contributed by atoms with Crippen LogP contribution in [0.1, 0.15) is 17.3 Å². The van der Waals surface area contributed by atoms with Crippen LogP contribution in [0.25, 0.3) is 0 Å². The Balaban J connectivity index is 3.37. The highest BCUT2D eigenvalue weighted by atomic mass is 79.9. The van der Waals surface area contributed by atoms with Crippen LogP contribution in [0.5, 0.6) is 0 Å². The van der Waals surface area contributed by atoms with Gasteiger partial charge in [0.2, 0.25) is 0 Å². The van der Waals surface area contributed by atoms with Crippen LogP contribution < -0.4 is 0 Å². The molecule has 0 radical (unpaired) electrons. The quantitative estimate of drug-likeness (QED) is 0.488. The highest BCUT2D eigenvalue weighted by Crippen LogP contribution is 2.36. The fourth-order valence-electron chi connectivity index (χ4n) is 1.14. The maximum absolute atomic E-state index is 11.1. The van der Waals surface area contributed by atoms with Crippen molar-refractivity contribution in [2.24, 2.45) is 0 Å². The lowest BCUT2D eigenvalue weighted by Gasteiger charge is -2.08. The maximum Gasteiger partial charge on any atom is 0.275 e. The van der Waals surface area contributed by atoms with Gasteiger partial charge in [-0.25, -0.2) is 0 Å². The Bertz CT molecular complexity index is 422. The van der Waals surface area contributed by atoms with E-state index in [0.717, 1.165) is 0 Å². The number of nitrogens with zero attached hydrogens (tertiary/aromatic N) is 1. The molecule has 0 aromatic heterocycles. The summed E-state index contributed by atoms with van der Waals surface area (Å²) in [6.45, 7) is 1.34. The van der Waals surface area contributed by atoms with Gasteiger partial charge in [-0.2, -0.15) is 0 Å². The Hall–Kier alpha value is -0.940. The van der Waals surface area contributed by atoms with Crippen LogP contribution in [0.15, 0.2) is 18.2 Å². The van der Waals surface area contributed by atoms with Crippen LogP contribution in [0, 0.1) is 10.1 Å². The number of ketones is 1. The number of hydrogen-bond acceptors (Lipinski definition) is 3. The van der Waals surface area contributed by atoms with Gasteiger partial charge >= 0.3 is 0 Å². The average molecular weight is 293 g/mol. The SMILES string of the molecule is CC(=O)C(Br)c1c(Cl)cccc1[N+](=O)[O-]. The van der Waals surface area contributed by atoms with Crippen molar-refractivity contribution in [1.29, 1.82) is 0 Å². The molecule has 0 saturated carbocycles. The fourth-order valence-corrected chi connectivity index (χ4v) is 2.03. The van der Waals surface area contributed by atoms with Crippen LogP contribution in [-0.2, 0) is 4.79 Å². The average Bonchev–Trinajstić information content (AvgIpc) is 2.16. The fraction of sp³-hybridized carbons (Fsp3) is 0.222. The van der Waals surface area contributed by atoms with Crippen LogP contribution in [0.3, 0.4) is 0 Å². The first-order valence-electron chi connectivity index (χ1n) is 4.02. The van der Waals surface area contributed by atoms with E-state index in [4.69, 9.17) is 11.6 Å². The molecule has 0 heterocycles. The molecule has 1 unspecified atom stereocenters. The summed E-state index contributed by atoms with van der Waals surface area (Å²) in [5.41, 5.74) is 0.0521. The van der Waals surface area contributed by atoms with Crippen LogP contribution in [-0.4, -0.2) is 10.7 Å². The second kappa shape index (κ2) is 4.72. The predicted octanol–water partition coefficient (Wildman–Crippen LogP) is 3.27. The van der Waals surface area contributed by atoms with Crippen molar-refractivity contribution in [2.45, 2.75) is 11.8 Å². The second-order valence-electron chi connectivity index (χ2n) is 2.90. The Morgan fingerprint density at radius 3 is 2.67 bits per heavy atom. The van der Waals surface area contributed by atoms with Crippen molar-refractivity contribution in [1.82, 2.24) is 0 Å². The minimum absolute atomic E-state index is 0.153. The first-order chi connectivity index (χ1) is 6.95. The van der Waals surface area contributed by atoms with Gasteiger partial charge in [0, 0.05) is 6.07 Å². The standard InChI is InChI=1S/C9H7BrClNO3/c1-5(13)9(10)8-6(11)3-2-4-7(8)12(14)15/h2-4,9H,1H3. The molecule has 0 spiro atoms. The van der Waals surface area contributed by atoms with E-state index in [-0.39, 0.29) is 22.1 Å². The molecule has 0 saturated heterocycles. The van der Waals surface area contributed by atoms with Gasteiger partial charge in [0.1, 0.15) is 10.6 Å². The number of benzene rings is 1. The van der Waals surface area contributed by atoms with E-state index >= 15 is 0 Å². The number of rotatable bonds is 3. The zero-order chi connectivity index (χ0) is 11.6. The molecule has 1 atom stereocenters. The summed E-state index contributed by atoms with van der Waals surface area (Å²) >= 11 is 8.91. The number of Topliss-reactive ketones (excluding diaryl/α,β-unsaturated/α-hetero) is 1. The Labute approximate surface area is 99.5 Å². The van der Waals surface area contributed by atoms with Crippen molar-refractivity contribution < 1.29 is 9.72 Å². The molecule has 1 aromatic carbocycles. The number of nitro benzene ring substituents is 1. The minimum atomic E-state index is -0.744. The molecule has 6 heteroatoms. The molecule has 0 fully saturated rings. The molecule has 0 bridgehead atoms. The predicted molar refractivity (Wildman–Crippen MR) is 60.5 cm³/mol. The molecule has 4 nitrogen and oxygen atoms in total. The summed E-state index contributed by atoms with van der Waals surface area (Å²) in [5.74, 6) is -0.230. The van der Waals surface area contributed by atoms with Crippen LogP contribution >= 0.6 is 27.5 Å². The zero-order valence-electron chi connectivity index (χ0n) is 7.74. The third-order valence-corrected chi connectivity index (χ3v) is 3.27. The van der Waals surface area contributed by atoms with Crippen molar-refractivity contribution in [2.75, 3.05) is 0 Å². The number of hydrogen-bond donors (Lipinski definition) is 0. The molecule has 0 aliphatic rings. The van der Waals surface area contributed by atoms with Gasteiger partial charge in [-0.15, -0.1) is 0 Å². The van der Waals surface area contributed by atoms with Gasteiger partial charge < -0.3 is 0 Å². The van der Waals surface area contributed by atoms with Crippen LogP contribution in [0.4, 0.5) is 5.69 Å². The first kappa shape index (κ1) is 12.1. The van der Waals surface area contributed by atoms with E-state index in [1.54, 1.807) is 0 Å². The van der Waals surface area contributed by atoms with Gasteiger partial charge in [0.05, 0.1) is 15.5 Å². The van der Waals surface area contributed by atoms with E-state index in [9.17, 15) is 14.9 Å². The second-order valence-corrected chi connectivity index (χ2v) is 4.23. The molecule has 0 amide bonds. The highest BCUT2D eigenvalue weighted by molar-refractivity contribution is 9.09. The lowest BCUT2D eigenvalue weighted by molar-refractivity contribution is -0.385. The van der Waals surface area contributed by atoms with E-state index in [2.05, 4.69) is 15.9 Å². The van der Waals surface area contributed by atoms with E-state index in [1.165, 1.54) is 25.1 Å². The summed E-state index contributed by atoms with van der Waals surface area (Å²) in [4.78, 5) is 20.6. The van der Waals surface area contributed by atoms with E-state index in [1.807, 2.05) is 0 Å². The Morgan fingerprint density at radius 2 is 2.20 bits per heavy atom. The topological polar surface area (TPSA) is 60.2 Å². The summed E-state index contributed by atoms with van der Waals surface area (Å²) in [7, 11) is 0. The zero-order valence-corrected chi connectivity index (χ0v) is 10.1. The summed E-state index contributed by atoms with van der Waals surface area (Å²) in [6, 6.07) is 4.31. The van der Waals surface area contributed by atoms with Gasteiger partial charge in [0.15, 0.2) is 0 Å². The first-order valence-corrected chi connectivity index (χ1v) is 5.32. The molecule has 0 aliphatic carbocycles.